The van der Waals surface area contributed by atoms with E-state index in [1.165, 1.54) is 49.9 Å². The van der Waals surface area contributed by atoms with Crippen LogP contribution in [-0.2, 0) is 4.79 Å². The van der Waals surface area contributed by atoms with Crippen molar-refractivity contribution in [3.8, 4) is 0 Å². The van der Waals surface area contributed by atoms with Crippen molar-refractivity contribution in [2.45, 2.75) is 76.3 Å². The van der Waals surface area contributed by atoms with E-state index in [4.69, 9.17) is 0 Å². The molecule has 0 spiro atoms. The Morgan fingerprint density at radius 2 is 1.42 bits per heavy atom. The summed E-state index contributed by atoms with van der Waals surface area (Å²) in [6.07, 6.45) is 6.08. The fourth-order valence-electron chi connectivity index (χ4n) is 7.73. The Morgan fingerprint density at radius 1 is 0.889 bits per heavy atom. The SMILES string of the molecule is CCN(CC)CC(=O)N[C@H]1CC2(N3CCC(C)CC3)C[C@@H](c3ccccc3)C1[C@H](c1ccccc1)C2. The average molecular weight is 488 g/mol. The topological polar surface area (TPSA) is 35.6 Å². The molecule has 1 saturated heterocycles. The summed E-state index contributed by atoms with van der Waals surface area (Å²) in [6, 6.07) is 22.5. The van der Waals surface area contributed by atoms with Gasteiger partial charge < -0.3 is 5.32 Å². The Labute approximate surface area is 218 Å². The van der Waals surface area contributed by atoms with Crippen molar-refractivity contribution in [2.24, 2.45) is 11.8 Å². The van der Waals surface area contributed by atoms with E-state index in [2.05, 4.69) is 96.6 Å². The van der Waals surface area contributed by atoms with Crippen molar-refractivity contribution in [2.75, 3.05) is 32.7 Å². The van der Waals surface area contributed by atoms with Gasteiger partial charge in [-0.1, -0.05) is 81.4 Å². The number of rotatable bonds is 8. The molecule has 194 valence electrons. The number of hydrogen-bond acceptors (Lipinski definition) is 3. The molecular weight excluding hydrogens is 442 g/mol. The fourth-order valence-corrected chi connectivity index (χ4v) is 7.73. The molecule has 6 rings (SSSR count). The number of nitrogens with zero attached hydrogens (tertiary/aromatic N) is 2. The Kier molecular flexibility index (Phi) is 7.83. The van der Waals surface area contributed by atoms with Gasteiger partial charge >= 0.3 is 0 Å². The van der Waals surface area contributed by atoms with E-state index in [1.807, 2.05) is 0 Å². The van der Waals surface area contributed by atoms with Crippen molar-refractivity contribution < 1.29 is 4.79 Å². The van der Waals surface area contributed by atoms with Gasteiger partial charge in [0.25, 0.3) is 0 Å². The Balaban J connectivity index is 1.53. The molecular formula is C32H45N3O. The lowest BCUT2D eigenvalue weighted by atomic mass is 9.50. The average Bonchev–Trinajstić information content (AvgIpc) is 2.92. The van der Waals surface area contributed by atoms with E-state index in [9.17, 15) is 4.79 Å². The molecule has 0 radical (unpaired) electrons. The van der Waals surface area contributed by atoms with Crippen molar-refractivity contribution in [1.82, 2.24) is 15.1 Å². The number of fused-ring (bicyclic) bond motifs is 3. The Morgan fingerprint density at radius 3 is 1.92 bits per heavy atom. The summed E-state index contributed by atoms with van der Waals surface area (Å²) < 4.78 is 0. The minimum absolute atomic E-state index is 0.142. The number of likely N-dealkylation sites (N-methyl/N-ethyl adjacent to an activating group) is 1. The van der Waals surface area contributed by atoms with E-state index >= 15 is 0 Å². The summed E-state index contributed by atoms with van der Waals surface area (Å²) in [5.41, 5.74) is 3.03. The molecule has 2 bridgehead atoms. The van der Waals surface area contributed by atoms with Gasteiger partial charge in [-0.2, -0.15) is 0 Å². The number of amides is 1. The van der Waals surface area contributed by atoms with Crippen molar-refractivity contribution in [3.05, 3.63) is 71.8 Å². The Bertz CT molecular complexity index is 931. The van der Waals surface area contributed by atoms with Gasteiger partial charge in [-0.05, 0) is 93.1 Å². The zero-order chi connectivity index (χ0) is 25.1. The molecule has 3 atom stereocenters. The third kappa shape index (κ3) is 5.13. The van der Waals surface area contributed by atoms with Crippen LogP contribution >= 0.6 is 0 Å². The van der Waals surface area contributed by atoms with Crippen LogP contribution in [0.4, 0.5) is 0 Å². The van der Waals surface area contributed by atoms with Gasteiger partial charge in [-0.15, -0.1) is 0 Å². The summed E-state index contributed by atoms with van der Waals surface area (Å²) in [5, 5.41) is 3.61. The van der Waals surface area contributed by atoms with Crippen LogP contribution < -0.4 is 5.32 Å². The number of piperidine rings is 1. The molecule has 0 unspecified atom stereocenters. The normalized spacial score (nSPS) is 31.0. The van der Waals surface area contributed by atoms with Gasteiger partial charge in [0.15, 0.2) is 0 Å². The molecule has 4 fully saturated rings. The molecule has 3 aliphatic carbocycles. The first-order valence-corrected chi connectivity index (χ1v) is 14.4. The minimum atomic E-state index is 0.142. The highest BCUT2D eigenvalue weighted by atomic mass is 16.2. The second-order valence-corrected chi connectivity index (χ2v) is 11.8. The predicted molar refractivity (Wildman–Crippen MR) is 148 cm³/mol. The smallest absolute Gasteiger partial charge is 0.234 e. The summed E-state index contributed by atoms with van der Waals surface area (Å²) >= 11 is 0. The van der Waals surface area contributed by atoms with E-state index in [0.717, 1.165) is 25.4 Å². The highest BCUT2D eigenvalue weighted by molar-refractivity contribution is 5.78. The van der Waals surface area contributed by atoms with Gasteiger partial charge in [-0.3, -0.25) is 14.6 Å². The number of likely N-dealkylation sites (tertiary alicyclic amines) is 1. The van der Waals surface area contributed by atoms with Gasteiger partial charge in [0.2, 0.25) is 5.91 Å². The molecule has 3 saturated carbocycles. The first-order valence-electron chi connectivity index (χ1n) is 14.4. The van der Waals surface area contributed by atoms with E-state index in [0.29, 0.717) is 24.3 Å². The maximum Gasteiger partial charge on any atom is 0.234 e. The number of benzene rings is 2. The van der Waals surface area contributed by atoms with Gasteiger partial charge in [0, 0.05) is 11.6 Å². The van der Waals surface area contributed by atoms with E-state index < -0.39 is 0 Å². The summed E-state index contributed by atoms with van der Waals surface area (Å²) in [5.74, 6) is 2.34. The predicted octanol–water partition coefficient (Wildman–Crippen LogP) is 5.67. The molecule has 1 heterocycles. The van der Waals surface area contributed by atoms with Crippen LogP contribution in [0, 0.1) is 11.8 Å². The zero-order valence-electron chi connectivity index (χ0n) is 22.5. The van der Waals surface area contributed by atoms with Gasteiger partial charge in [0.05, 0.1) is 6.54 Å². The molecule has 4 nitrogen and oxygen atoms in total. The first kappa shape index (κ1) is 25.5. The van der Waals surface area contributed by atoms with Crippen LogP contribution in [0.1, 0.15) is 75.8 Å². The van der Waals surface area contributed by atoms with Crippen molar-refractivity contribution in [3.63, 3.8) is 0 Å². The van der Waals surface area contributed by atoms with Crippen LogP contribution in [0.2, 0.25) is 0 Å². The molecule has 36 heavy (non-hydrogen) atoms. The second kappa shape index (κ2) is 11.1. The third-order valence-corrected chi connectivity index (χ3v) is 9.71. The second-order valence-electron chi connectivity index (χ2n) is 11.8. The molecule has 1 aliphatic heterocycles. The molecule has 1 N–H and O–H groups in total. The number of nitrogens with one attached hydrogen (secondary N) is 1. The van der Waals surface area contributed by atoms with Crippen LogP contribution in [0.25, 0.3) is 0 Å². The quantitative estimate of drug-likeness (QED) is 0.521. The van der Waals surface area contributed by atoms with E-state index in [1.54, 1.807) is 0 Å². The zero-order valence-corrected chi connectivity index (χ0v) is 22.5. The summed E-state index contributed by atoms with van der Waals surface area (Å²) in [7, 11) is 0. The number of carbonyl (C=O) groups is 1. The van der Waals surface area contributed by atoms with Crippen molar-refractivity contribution in [1.29, 1.82) is 0 Å². The molecule has 2 aromatic rings. The third-order valence-electron chi connectivity index (χ3n) is 9.71. The fraction of sp³-hybridized carbons (Fsp3) is 0.594. The summed E-state index contributed by atoms with van der Waals surface area (Å²) in [4.78, 5) is 18.4. The molecule has 2 aromatic carbocycles. The van der Waals surface area contributed by atoms with Crippen LogP contribution in [0.15, 0.2) is 60.7 Å². The molecule has 4 aliphatic rings. The minimum Gasteiger partial charge on any atom is -0.352 e. The highest BCUT2D eigenvalue weighted by Crippen LogP contribution is 2.60. The lowest BCUT2D eigenvalue weighted by Gasteiger charge is -2.63. The van der Waals surface area contributed by atoms with Gasteiger partial charge in [-0.25, -0.2) is 0 Å². The van der Waals surface area contributed by atoms with Crippen LogP contribution in [-0.4, -0.2) is 60.0 Å². The number of carbonyl (C=O) groups excluding carboxylic acids is 1. The monoisotopic (exact) mass is 487 g/mol. The van der Waals surface area contributed by atoms with Crippen LogP contribution in [0.3, 0.4) is 0 Å². The maximum atomic E-state index is 13.4. The standard InChI is InChI=1S/C32H45N3O/c1-4-34(5-2)23-30(36)33-29-22-32(35-18-16-24(3)17-19-35)20-27(25-12-8-6-9-13-25)31(29)28(21-32)26-14-10-7-11-15-26/h6-15,24,27-29,31H,4-5,16-23H2,1-3H3,(H,33,36)/t27-,28-,29-,31?,32?/m0/s1. The lowest BCUT2D eigenvalue weighted by molar-refractivity contribution is -0.126. The Hall–Kier alpha value is -2.17. The largest absolute Gasteiger partial charge is 0.352 e. The first-order chi connectivity index (χ1) is 17.5. The van der Waals surface area contributed by atoms with Gasteiger partial charge in [0.1, 0.15) is 0 Å². The highest BCUT2D eigenvalue weighted by Gasteiger charge is 2.58. The lowest BCUT2D eigenvalue weighted by Crippen LogP contribution is -2.66. The maximum absolute atomic E-state index is 13.4. The van der Waals surface area contributed by atoms with Crippen molar-refractivity contribution >= 4 is 5.91 Å². The molecule has 1 amide bonds. The molecule has 0 aromatic heterocycles. The molecule has 4 heteroatoms. The number of hydrogen-bond donors (Lipinski definition) is 1. The summed E-state index contributed by atoms with van der Waals surface area (Å²) in [6.45, 7) is 11.4. The van der Waals surface area contributed by atoms with E-state index in [-0.39, 0.29) is 17.5 Å². The van der Waals surface area contributed by atoms with Crippen LogP contribution in [0.5, 0.6) is 0 Å².